The molecule has 8 nitrogen and oxygen atoms in total. The molecule has 0 atom stereocenters. The van der Waals surface area contributed by atoms with Crippen LogP contribution in [0.2, 0.25) is 0 Å². The van der Waals surface area contributed by atoms with E-state index in [4.69, 9.17) is 9.47 Å². The molecule has 0 unspecified atom stereocenters. The highest BCUT2D eigenvalue weighted by Gasteiger charge is 2.13. The van der Waals surface area contributed by atoms with E-state index in [2.05, 4.69) is 44.8 Å². The third-order valence-electron chi connectivity index (χ3n) is 5.99. The predicted octanol–water partition coefficient (Wildman–Crippen LogP) is 5.89. The Kier molecular flexibility index (Phi) is 7.61. The van der Waals surface area contributed by atoms with Crippen LogP contribution in [-0.4, -0.2) is 22.8 Å². The van der Waals surface area contributed by atoms with Crippen LogP contribution in [0.1, 0.15) is 23.6 Å². The third kappa shape index (κ3) is 5.78. The minimum atomic E-state index is -0.546. The molecule has 0 aliphatic carbocycles. The summed E-state index contributed by atoms with van der Waals surface area (Å²) in [5.41, 5.74) is 4.92. The van der Waals surface area contributed by atoms with Crippen LogP contribution in [0, 0.1) is 11.3 Å². The van der Waals surface area contributed by atoms with E-state index in [0.717, 1.165) is 21.9 Å². The molecule has 5 aromatic rings. The Bertz CT molecular complexity index is 1730. The zero-order valence-corrected chi connectivity index (χ0v) is 21.2. The first kappa shape index (κ1) is 25.2. The maximum Gasteiger partial charge on any atom is 0.270 e. The van der Waals surface area contributed by atoms with Crippen LogP contribution < -0.4 is 20.5 Å². The number of aromatic amines is 1. The van der Waals surface area contributed by atoms with Crippen LogP contribution in [0.3, 0.4) is 0 Å². The van der Waals surface area contributed by atoms with Gasteiger partial charge in [0.2, 0.25) is 5.95 Å². The van der Waals surface area contributed by atoms with Gasteiger partial charge < -0.3 is 9.47 Å². The summed E-state index contributed by atoms with van der Waals surface area (Å²) in [6.07, 6.45) is 1.58. The number of hydrazone groups is 1. The molecule has 0 fully saturated rings. The zero-order valence-electron chi connectivity index (χ0n) is 21.2. The number of nitriles is 1. The first-order chi connectivity index (χ1) is 19.2. The van der Waals surface area contributed by atoms with E-state index in [0.29, 0.717) is 30.3 Å². The summed E-state index contributed by atoms with van der Waals surface area (Å²) in [7, 11) is 0. The van der Waals surface area contributed by atoms with Gasteiger partial charge in [0, 0.05) is 5.56 Å². The Morgan fingerprint density at radius 2 is 1.77 bits per heavy atom. The second-order valence-electron chi connectivity index (χ2n) is 8.55. The van der Waals surface area contributed by atoms with Crippen LogP contribution in [0.5, 0.6) is 11.5 Å². The average Bonchev–Trinajstić information content (AvgIpc) is 2.97. The third-order valence-corrected chi connectivity index (χ3v) is 5.99. The van der Waals surface area contributed by atoms with Gasteiger partial charge in [0.05, 0.1) is 18.5 Å². The minimum absolute atomic E-state index is 0.0591. The molecule has 8 heteroatoms. The van der Waals surface area contributed by atoms with Crippen molar-refractivity contribution < 1.29 is 9.47 Å². The maximum absolute atomic E-state index is 12.4. The standard InChI is InChI=1S/C31H25N5O3/c1-2-38-28-17-21(15-16-27(28)39-20-24-13-8-12-22-9-6-7-14-25(22)24)19-33-36-31-34-29(23-10-4-3-5-11-23)26(18-32)30(37)35-31/h3-17,19H,2,20H2,1H3,(H2,34,35,36,37). The smallest absolute Gasteiger partial charge is 0.270 e. The van der Waals surface area contributed by atoms with Crippen molar-refractivity contribution in [2.45, 2.75) is 13.5 Å². The molecule has 1 aromatic heterocycles. The number of nitrogens with zero attached hydrogens (tertiary/aromatic N) is 3. The lowest BCUT2D eigenvalue weighted by atomic mass is 10.1. The number of hydrogen-bond donors (Lipinski definition) is 2. The number of hydrogen-bond acceptors (Lipinski definition) is 7. The van der Waals surface area contributed by atoms with E-state index in [1.54, 1.807) is 18.3 Å². The molecule has 0 saturated carbocycles. The highest BCUT2D eigenvalue weighted by molar-refractivity contribution is 5.85. The highest BCUT2D eigenvalue weighted by Crippen LogP contribution is 2.30. The molecule has 0 aliphatic rings. The molecular formula is C31H25N5O3. The molecule has 4 aromatic carbocycles. The van der Waals surface area contributed by atoms with Gasteiger partial charge in [-0.15, -0.1) is 0 Å². The number of rotatable bonds is 9. The van der Waals surface area contributed by atoms with Gasteiger partial charge in [0.15, 0.2) is 11.5 Å². The molecular weight excluding hydrogens is 490 g/mol. The maximum atomic E-state index is 12.4. The topological polar surface area (TPSA) is 112 Å². The molecule has 5 rings (SSSR count). The molecule has 0 aliphatic heterocycles. The van der Waals surface area contributed by atoms with E-state index in [1.807, 2.05) is 67.6 Å². The molecule has 192 valence electrons. The van der Waals surface area contributed by atoms with Crippen LogP contribution in [0.25, 0.3) is 22.0 Å². The van der Waals surface area contributed by atoms with Gasteiger partial charge in [-0.3, -0.25) is 9.78 Å². The summed E-state index contributed by atoms with van der Waals surface area (Å²) in [5.74, 6) is 1.34. The Morgan fingerprint density at radius 3 is 2.59 bits per heavy atom. The molecule has 39 heavy (non-hydrogen) atoms. The molecule has 0 spiro atoms. The minimum Gasteiger partial charge on any atom is -0.490 e. The molecule has 0 saturated heterocycles. The predicted molar refractivity (Wildman–Crippen MR) is 152 cm³/mol. The second kappa shape index (κ2) is 11.8. The van der Waals surface area contributed by atoms with E-state index in [-0.39, 0.29) is 17.2 Å². The van der Waals surface area contributed by atoms with Gasteiger partial charge in [0.25, 0.3) is 5.56 Å². The van der Waals surface area contributed by atoms with Crippen LogP contribution in [-0.2, 0) is 6.61 Å². The Labute approximate surface area is 225 Å². The lowest BCUT2D eigenvalue weighted by Gasteiger charge is -2.13. The number of H-pyrrole nitrogens is 1. The van der Waals surface area contributed by atoms with Crippen molar-refractivity contribution >= 4 is 22.9 Å². The van der Waals surface area contributed by atoms with Crippen molar-refractivity contribution in [3.8, 4) is 28.8 Å². The fourth-order valence-corrected chi connectivity index (χ4v) is 4.17. The summed E-state index contributed by atoms with van der Waals surface area (Å²) in [6.45, 7) is 2.79. The van der Waals surface area contributed by atoms with Crippen LogP contribution in [0.4, 0.5) is 5.95 Å². The van der Waals surface area contributed by atoms with Crippen molar-refractivity contribution in [3.63, 3.8) is 0 Å². The van der Waals surface area contributed by atoms with Gasteiger partial charge in [-0.2, -0.15) is 10.4 Å². The first-order valence-corrected chi connectivity index (χ1v) is 12.4. The lowest BCUT2D eigenvalue weighted by molar-refractivity contribution is 0.270. The number of anilines is 1. The summed E-state index contributed by atoms with van der Waals surface area (Å²) < 4.78 is 12.0. The fourth-order valence-electron chi connectivity index (χ4n) is 4.17. The molecule has 2 N–H and O–H groups in total. The van der Waals surface area contributed by atoms with Crippen molar-refractivity contribution in [2.24, 2.45) is 5.10 Å². The summed E-state index contributed by atoms with van der Waals surface area (Å²) in [6, 6.07) is 30.9. The van der Waals surface area contributed by atoms with E-state index in [1.165, 1.54) is 0 Å². The van der Waals surface area contributed by atoms with E-state index < -0.39 is 5.56 Å². The summed E-state index contributed by atoms with van der Waals surface area (Å²) in [4.78, 5) is 19.4. The van der Waals surface area contributed by atoms with Gasteiger partial charge in [-0.05, 0) is 47.0 Å². The normalized spacial score (nSPS) is 10.9. The Morgan fingerprint density at radius 1 is 0.974 bits per heavy atom. The number of aromatic nitrogens is 2. The lowest BCUT2D eigenvalue weighted by Crippen LogP contribution is -2.16. The monoisotopic (exact) mass is 515 g/mol. The number of ether oxygens (including phenoxy) is 2. The Hall–Kier alpha value is -5.42. The zero-order chi connectivity index (χ0) is 27.0. The number of nitrogens with one attached hydrogen (secondary N) is 2. The molecule has 0 amide bonds. The van der Waals surface area contributed by atoms with Crippen molar-refractivity contribution in [1.29, 1.82) is 5.26 Å². The molecule has 0 bridgehead atoms. The number of benzene rings is 4. The largest absolute Gasteiger partial charge is 0.490 e. The van der Waals surface area contributed by atoms with E-state index in [9.17, 15) is 10.1 Å². The van der Waals surface area contributed by atoms with E-state index >= 15 is 0 Å². The van der Waals surface area contributed by atoms with Gasteiger partial charge in [-0.1, -0.05) is 72.8 Å². The second-order valence-corrected chi connectivity index (χ2v) is 8.55. The first-order valence-electron chi connectivity index (χ1n) is 12.4. The summed E-state index contributed by atoms with van der Waals surface area (Å²) in [5, 5.41) is 16.0. The molecule has 1 heterocycles. The molecule has 0 radical (unpaired) electrons. The van der Waals surface area contributed by atoms with Crippen molar-refractivity contribution in [1.82, 2.24) is 9.97 Å². The van der Waals surface area contributed by atoms with Gasteiger partial charge in [-0.25, -0.2) is 10.4 Å². The van der Waals surface area contributed by atoms with Crippen LogP contribution >= 0.6 is 0 Å². The fraction of sp³-hybridized carbons (Fsp3) is 0.0968. The Balaban J connectivity index is 1.33. The van der Waals surface area contributed by atoms with Gasteiger partial charge in [0.1, 0.15) is 18.2 Å². The SMILES string of the molecule is CCOc1cc(C=NNc2nc(-c3ccccc3)c(C#N)c(=O)[nH]2)ccc1OCc1cccc2ccccc12. The average molecular weight is 516 g/mol. The van der Waals surface area contributed by atoms with Crippen LogP contribution in [0.15, 0.2) is 101 Å². The van der Waals surface area contributed by atoms with Gasteiger partial charge >= 0.3 is 0 Å². The van der Waals surface area contributed by atoms with Crippen molar-refractivity contribution in [2.75, 3.05) is 12.0 Å². The number of fused-ring (bicyclic) bond motifs is 1. The highest BCUT2D eigenvalue weighted by atomic mass is 16.5. The van der Waals surface area contributed by atoms with Crippen molar-refractivity contribution in [3.05, 3.63) is 118 Å². The quantitative estimate of drug-likeness (QED) is 0.187. The summed E-state index contributed by atoms with van der Waals surface area (Å²) >= 11 is 0.